The van der Waals surface area contributed by atoms with Crippen LogP contribution in [0.5, 0.6) is 0 Å². The van der Waals surface area contributed by atoms with E-state index in [2.05, 4.69) is 15.9 Å². The number of aryl methyl sites for hydroxylation is 1. The van der Waals surface area contributed by atoms with Crippen molar-refractivity contribution in [2.75, 3.05) is 12.3 Å². The summed E-state index contributed by atoms with van der Waals surface area (Å²) in [5, 5.41) is 0. The molecule has 0 unspecified atom stereocenters. The molecule has 2 N–H and O–H groups in total. The Morgan fingerprint density at radius 1 is 1.67 bits per heavy atom. The van der Waals surface area contributed by atoms with Crippen LogP contribution in [-0.4, -0.2) is 12.6 Å². The number of ether oxygens (including phenoxy) is 1. The molecule has 0 amide bonds. The summed E-state index contributed by atoms with van der Waals surface area (Å²) in [6, 6.07) is 1.41. The van der Waals surface area contributed by atoms with Gasteiger partial charge in [0, 0.05) is 0 Å². The smallest absolute Gasteiger partial charge is 0.339 e. The van der Waals surface area contributed by atoms with Crippen molar-refractivity contribution in [3.05, 3.63) is 27.5 Å². The molecule has 82 valence electrons. The maximum Gasteiger partial charge on any atom is 0.339 e. The van der Waals surface area contributed by atoms with Crippen molar-refractivity contribution < 1.29 is 13.9 Å². The van der Waals surface area contributed by atoms with E-state index in [0.29, 0.717) is 5.56 Å². The van der Waals surface area contributed by atoms with Crippen LogP contribution in [-0.2, 0) is 4.74 Å². The van der Waals surface area contributed by atoms with E-state index in [9.17, 15) is 9.18 Å². The van der Waals surface area contributed by atoms with Gasteiger partial charge in [-0.2, -0.15) is 0 Å². The van der Waals surface area contributed by atoms with Gasteiger partial charge in [0.25, 0.3) is 0 Å². The largest absolute Gasteiger partial charge is 0.462 e. The summed E-state index contributed by atoms with van der Waals surface area (Å²) in [7, 11) is 0. The Hall–Kier alpha value is -1.10. The minimum atomic E-state index is -0.519. The van der Waals surface area contributed by atoms with Gasteiger partial charge < -0.3 is 10.5 Å². The van der Waals surface area contributed by atoms with Gasteiger partial charge in [0.2, 0.25) is 0 Å². The molecular weight excluding hydrogens is 265 g/mol. The van der Waals surface area contributed by atoms with Gasteiger partial charge in [-0.3, -0.25) is 0 Å². The van der Waals surface area contributed by atoms with Gasteiger partial charge >= 0.3 is 5.97 Å². The first-order valence-corrected chi connectivity index (χ1v) is 5.19. The molecule has 0 fully saturated rings. The number of carbonyl (C=O) groups excluding carboxylic acids is 1. The molecule has 0 aliphatic carbocycles. The maximum absolute atomic E-state index is 13.3. The van der Waals surface area contributed by atoms with E-state index < -0.39 is 11.8 Å². The number of hydrogen-bond acceptors (Lipinski definition) is 3. The van der Waals surface area contributed by atoms with E-state index in [4.69, 9.17) is 10.5 Å². The fourth-order valence-electron chi connectivity index (χ4n) is 1.15. The lowest BCUT2D eigenvalue weighted by molar-refractivity contribution is 0.0525. The first kappa shape index (κ1) is 12.0. The molecule has 0 saturated carbocycles. The highest BCUT2D eigenvalue weighted by Gasteiger charge is 2.17. The third-order valence-electron chi connectivity index (χ3n) is 1.91. The van der Waals surface area contributed by atoms with Gasteiger partial charge in [-0.05, 0) is 41.4 Å². The topological polar surface area (TPSA) is 52.3 Å². The second-order valence-electron chi connectivity index (χ2n) is 3.00. The first-order chi connectivity index (χ1) is 6.99. The zero-order chi connectivity index (χ0) is 11.6. The van der Waals surface area contributed by atoms with Crippen LogP contribution >= 0.6 is 15.9 Å². The molecule has 0 atom stereocenters. The van der Waals surface area contributed by atoms with Crippen LogP contribution in [0.2, 0.25) is 0 Å². The van der Waals surface area contributed by atoms with E-state index >= 15 is 0 Å². The number of nitrogens with two attached hydrogens (primary N) is 1. The van der Waals surface area contributed by atoms with Crippen LogP contribution < -0.4 is 5.73 Å². The molecule has 0 saturated heterocycles. The number of hydrogen-bond donors (Lipinski definition) is 1. The van der Waals surface area contributed by atoms with Crippen molar-refractivity contribution in [3.8, 4) is 0 Å². The van der Waals surface area contributed by atoms with Gasteiger partial charge in [-0.15, -0.1) is 0 Å². The highest BCUT2D eigenvalue weighted by atomic mass is 79.9. The Balaban J connectivity index is 3.26. The molecule has 0 aliphatic rings. The molecule has 1 aromatic rings. The quantitative estimate of drug-likeness (QED) is 0.667. The Bertz CT molecular complexity index is 407. The monoisotopic (exact) mass is 275 g/mol. The number of anilines is 1. The number of nitrogen functional groups attached to an aromatic ring is 1. The Kier molecular flexibility index (Phi) is 3.68. The summed E-state index contributed by atoms with van der Waals surface area (Å²) in [6.45, 7) is 3.51. The van der Waals surface area contributed by atoms with Crippen LogP contribution in [0.3, 0.4) is 0 Å². The molecule has 0 heterocycles. The Morgan fingerprint density at radius 2 is 2.27 bits per heavy atom. The average Bonchev–Trinajstić information content (AvgIpc) is 2.20. The molecule has 5 heteroatoms. The molecule has 15 heavy (non-hydrogen) atoms. The predicted octanol–water partition coefficient (Wildman–Crippen LogP) is 2.66. The van der Waals surface area contributed by atoms with Crippen LogP contribution in [0, 0.1) is 12.7 Å². The lowest BCUT2D eigenvalue weighted by Gasteiger charge is -2.09. The molecule has 0 aromatic heterocycles. The van der Waals surface area contributed by atoms with Crippen LogP contribution in [0.25, 0.3) is 0 Å². The first-order valence-electron chi connectivity index (χ1n) is 4.40. The maximum atomic E-state index is 13.3. The van der Waals surface area contributed by atoms with Crippen molar-refractivity contribution in [2.45, 2.75) is 13.8 Å². The third-order valence-corrected chi connectivity index (χ3v) is 2.77. The van der Waals surface area contributed by atoms with E-state index in [1.165, 1.54) is 6.07 Å². The van der Waals surface area contributed by atoms with Gasteiger partial charge in [0.05, 0.1) is 22.3 Å². The third kappa shape index (κ3) is 2.28. The number of rotatable bonds is 2. The molecule has 0 bridgehead atoms. The minimum Gasteiger partial charge on any atom is -0.462 e. The summed E-state index contributed by atoms with van der Waals surface area (Å²) in [5.74, 6) is -1.03. The highest BCUT2D eigenvalue weighted by molar-refractivity contribution is 9.10. The number of esters is 1. The SMILES string of the molecule is CCOC(=O)c1cc(C)c(F)c(N)c1Br. The van der Waals surface area contributed by atoms with Crippen molar-refractivity contribution in [1.29, 1.82) is 0 Å². The number of halogens is 2. The van der Waals surface area contributed by atoms with Crippen LogP contribution in [0.15, 0.2) is 10.5 Å². The molecule has 0 aliphatic heterocycles. The lowest BCUT2D eigenvalue weighted by atomic mass is 10.1. The van der Waals surface area contributed by atoms with E-state index in [1.54, 1.807) is 13.8 Å². The zero-order valence-electron chi connectivity index (χ0n) is 8.43. The summed E-state index contributed by atoms with van der Waals surface area (Å²) in [4.78, 5) is 11.5. The molecule has 1 rings (SSSR count). The second-order valence-corrected chi connectivity index (χ2v) is 3.80. The standard InChI is InChI=1S/C10H11BrFNO2/c1-3-15-10(14)6-4-5(2)8(12)9(13)7(6)11/h4H,3,13H2,1-2H3. The molecule has 0 spiro atoms. The highest BCUT2D eigenvalue weighted by Crippen LogP contribution is 2.29. The average molecular weight is 276 g/mol. The zero-order valence-corrected chi connectivity index (χ0v) is 10.0. The minimum absolute atomic E-state index is 0.0712. The molecular formula is C10H11BrFNO2. The second kappa shape index (κ2) is 4.61. The Morgan fingerprint density at radius 3 is 2.80 bits per heavy atom. The summed E-state index contributed by atoms with van der Waals surface area (Å²) < 4.78 is 18.4. The number of carbonyl (C=O) groups is 1. The lowest BCUT2D eigenvalue weighted by Crippen LogP contribution is -2.08. The van der Waals surface area contributed by atoms with Gasteiger partial charge in [-0.25, -0.2) is 9.18 Å². The van der Waals surface area contributed by atoms with Crippen molar-refractivity contribution >= 4 is 27.6 Å². The molecule has 0 radical (unpaired) electrons. The molecule has 3 nitrogen and oxygen atoms in total. The van der Waals surface area contributed by atoms with E-state index in [-0.39, 0.29) is 22.3 Å². The van der Waals surface area contributed by atoms with E-state index in [0.717, 1.165) is 0 Å². The van der Waals surface area contributed by atoms with Crippen LogP contribution in [0.1, 0.15) is 22.8 Å². The van der Waals surface area contributed by atoms with Crippen LogP contribution in [0.4, 0.5) is 10.1 Å². The van der Waals surface area contributed by atoms with Crippen molar-refractivity contribution in [1.82, 2.24) is 0 Å². The molecule has 1 aromatic carbocycles. The van der Waals surface area contributed by atoms with Crippen molar-refractivity contribution in [2.24, 2.45) is 0 Å². The summed E-state index contributed by atoms with van der Waals surface area (Å²) >= 11 is 3.07. The van der Waals surface area contributed by atoms with Crippen molar-refractivity contribution in [3.63, 3.8) is 0 Å². The predicted molar refractivity (Wildman–Crippen MR) is 59.2 cm³/mol. The van der Waals surface area contributed by atoms with Gasteiger partial charge in [-0.1, -0.05) is 0 Å². The number of benzene rings is 1. The summed E-state index contributed by atoms with van der Waals surface area (Å²) in [6.07, 6.45) is 0. The van der Waals surface area contributed by atoms with Gasteiger partial charge in [0.1, 0.15) is 5.82 Å². The fraction of sp³-hybridized carbons (Fsp3) is 0.300. The Labute approximate surface area is 95.5 Å². The fourth-order valence-corrected chi connectivity index (χ4v) is 1.60. The normalized spacial score (nSPS) is 10.1. The summed E-state index contributed by atoms with van der Waals surface area (Å²) in [5.41, 5.74) is 5.98. The van der Waals surface area contributed by atoms with E-state index in [1.807, 2.05) is 0 Å². The van der Waals surface area contributed by atoms with Gasteiger partial charge in [0.15, 0.2) is 0 Å².